The molecule has 1 atom stereocenters. The topological polar surface area (TPSA) is 20.2 Å². The molecule has 0 amide bonds. The fraction of sp³-hybridized carbons (Fsp3) is 0.353. The molecule has 0 radical (unpaired) electrons. The van der Waals surface area contributed by atoms with Crippen LogP contribution in [0.2, 0.25) is 0 Å². The molecule has 0 saturated heterocycles. The SMILES string of the molecule is C[C@@H]1c2cccn2CCN1C(=S)NCCc1ccccc1. The van der Waals surface area contributed by atoms with E-state index in [9.17, 15) is 0 Å². The molecular formula is C17H21N3S. The van der Waals surface area contributed by atoms with Crippen molar-refractivity contribution in [3.63, 3.8) is 0 Å². The van der Waals surface area contributed by atoms with Crippen molar-refractivity contribution in [2.24, 2.45) is 0 Å². The molecule has 0 saturated carbocycles. The Kier molecular flexibility index (Phi) is 4.25. The Morgan fingerprint density at radius 3 is 2.81 bits per heavy atom. The predicted octanol–water partition coefficient (Wildman–Crippen LogP) is 2.98. The van der Waals surface area contributed by atoms with Gasteiger partial charge in [0.25, 0.3) is 0 Å². The molecule has 1 aliphatic rings. The number of hydrogen-bond donors (Lipinski definition) is 1. The molecule has 0 fully saturated rings. The van der Waals surface area contributed by atoms with Crippen LogP contribution in [0.15, 0.2) is 48.7 Å². The largest absolute Gasteiger partial charge is 0.362 e. The van der Waals surface area contributed by atoms with Gasteiger partial charge in [-0.15, -0.1) is 0 Å². The van der Waals surface area contributed by atoms with Crippen LogP contribution < -0.4 is 5.32 Å². The zero-order valence-electron chi connectivity index (χ0n) is 12.3. The van der Waals surface area contributed by atoms with Gasteiger partial charge in [0.2, 0.25) is 0 Å². The Morgan fingerprint density at radius 2 is 2.00 bits per heavy atom. The number of benzene rings is 1. The van der Waals surface area contributed by atoms with Gasteiger partial charge in [-0.05, 0) is 43.3 Å². The average Bonchev–Trinajstić information content (AvgIpc) is 2.98. The van der Waals surface area contributed by atoms with Gasteiger partial charge in [-0.2, -0.15) is 0 Å². The fourth-order valence-electron chi connectivity index (χ4n) is 2.92. The minimum absolute atomic E-state index is 0.338. The summed E-state index contributed by atoms with van der Waals surface area (Å²) in [4.78, 5) is 2.29. The van der Waals surface area contributed by atoms with E-state index < -0.39 is 0 Å². The van der Waals surface area contributed by atoms with Gasteiger partial charge >= 0.3 is 0 Å². The molecule has 1 aromatic carbocycles. The summed E-state index contributed by atoms with van der Waals surface area (Å²) in [5, 5.41) is 4.27. The highest BCUT2D eigenvalue weighted by Gasteiger charge is 2.24. The van der Waals surface area contributed by atoms with Crippen LogP contribution in [-0.2, 0) is 13.0 Å². The fourth-order valence-corrected chi connectivity index (χ4v) is 3.27. The van der Waals surface area contributed by atoms with E-state index in [1.807, 2.05) is 6.07 Å². The molecule has 3 nitrogen and oxygen atoms in total. The third-order valence-corrected chi connectivity index (χ3v) is 4.51. The van der Waals surface area contributed by atoms with Crippen molar-refractivity contribution < 1.29 is 0 Å². The highest BCUT2D eigenvalue weighted by Crippen LogP contribution is 2.25. The maximum atomic E-state index is 5.58. The van der Waals surface area contributed by atoms with Gasteiger partial charge in [0.1, 0.15) is 0 Å². The normalized spacial score (nSPS) is 17.4. The molecule has 21 heavy (non-hydrogen) atoms. The third-order valence-electron chi connectivity index (χ3n) is 4.14. The number of rotatable bonds is 3. The van der Waals surface area contributed by atoms with Gasteiger partial charge in [-0.1, -0.05) is 30.3 Å². The van der Waals surface area contributed by atoms with E-state index in [4.69, 9.17) is 12.2 Å². The molecule has 2 heterocycles. The number of thiocarbonyl (C=S) groups is 1. The Bertz CT molecular complexity index is 606. The average molecular weight is 299 g/mol. The Labute approximate surface area is 131 Å². The molecule has 1 N–H and O–H groups in total. The van der Waals surface area contributed by atoms with E-state index >= 15 is 0 Å². The molecular weight excluding hydrogens is 278 g/mol. The summed E-state index contributed by atoms with van der Waals surface area (Å²) in [6, 6.07) is 15.1. The summed E-state index contributed by atoms with van der Waals surface area (Å²) in [5.74, 6) is 0. The number of fused-ring (bicyclic) bond motifs is 1. The summed E-state index contributed by atoms with van der Waals surface area (Å²) in [7, 11) is 0. The quantitative estimate of drug-likeness (QED) is 0.880. The van der Waals surface area contributed by atoms with Crippen LogP contribution in [-0.4, -0.2) is 27.7 Å². The molecule has 2 aromatic rings. The van der Waals surface area contributed by atoms with Crippen molar-refractivity contribution in [1.82, 2.24) is 14.8 Å². The maximum absolute atomic E-state index is 5.58. The summed E-state index contributed by atoms with van der Waals surface area (Å²) < 4.78 is 2.31. The first-order chi connectivity index (χ1) is 10.3. The molecule has 1 aliphatic heterocycles. The van der Waals surface area contributed by atoms with Crippen molar-refractivity contribution in [2.45, 2.75) is 25.9 Å². The minimum atomic E-state index is 0.338. The summed E-state index contributed by atoms with van der Waals surface area (Å²) in [5.41, 5.74) is 2.68. The van der Waals surface area contributed by atoms with Gasteiger partial charge in [-0.25, -0.2) is 0 Å². The number of hydrogen-bond acceptors (Lipinski definition) is 1. The van der Waals surface area contributed by atoms with Crippen LogP contribution >= 0.6 is 12.2 Å². The first-order valence-corrected chi connectivity index (χ1v) is 7.90. The molecule has 0 spiro atoms. The van der Waals surface area contributed by atoms with Crippen molar-refractivity contribution in [2.75, 3.05) is 13.1 Å². The lowest BCUT2D eigenvalue weighted by molar-refractivity contribution is 0.269. The van der Waals surface area contributed by atoms with Crippen molar-refractivity contribution in [1.29, 1.82) is 0 Å². The Hall–Kier alpha value is -1.81. The Balaban J connectivity index is 1.54. The lowest BCUT2D eigenvalue weighted by atomic mass is 10.1. The second-order valence-corrected chi connectivity index (χ2v) is 5.85. The molecule has 1 aromatic heterocycles. The molecule has 0 aliphatic carbocycles. The molecule has 110 valence electrons. The first kappa shape index (κ1) is 14.1. The van der Waals surface area contributed by atoms with Crippen molar-refractivity contribution in [3.8, 4) is 0 Å². The number of nitrogens with zero attached hydrogens (tertiary/aromatic N) is 2. The Morgan fingerprint density at radius 1 is 1.19 bits per heavy atom. The van der Waals surface area contributed by atoms with E-state index in [-0.39, 0.29) is 0 Å². The van der Waals surface area contributed by atoms with Gasteiger partial charge < -0.3 is 14.8 Å². The smallest absolute Gasteiger partial charge is 0.169 e. The lowest BCUT2D eigenvalue weighted by Crippen LogP contribution is -2.46. The highest BCUT2D eigenvalue weighted by atomic mass is 32.1. The maximum Gasteiger partial charge on any atom is 0.169 e. The predicted molar refractivity (Wildman–Crippen MR) is 90.3 cm³/mol. The number of aromatic nitrogens is 1. The van der Waals surface area contributed by atoms with E-state index in [2.05, 4.69) is 64.3 Å². The van der Waals surface area contributed by atoms with Crippen LogP contribution in [0.25, 0.3) is 0 Å². The third kappa shape index (κ3) is 3.10. The van der Waals surface area contributed by atoms with Gasteiger partial charge in [0.05, 0.1) is 6.04 Å². The first-order valence-electron chi connectivity index (χ1n) is 7.49. The second kappa shape index (κ2) is 6.31. The van der Waals surface area contributed by atoms with Crippen LogP contribution in [0.1, 0.15) is 24.2 Å². The van der Waals surface area contributed by atoms with Gasteiger partial charge in [0.15, 0.2) is 5.11 Å². The van der Waals surface area contributed by atoms with E-state index in [0.717, 1.165) is 31.2 Å². The summed E-state index contributed by atoms with van der Waals surface area (Å²) in [6.07, 6.45) is 3.15. The van der Waals surface area contributed by atoms with Gasteiger partial charge in [0, 0.05) is 31.5 Å². The van der Waals surface area contributed by atoms with E-state index in [1.54, 1.807) is 0 Å². The summed E-state index contributed by atoms with van der Waals surface area (Å²) in [6.45, 7) is 5.08. The van der Waals surface area contributed by atoms with Crippen molar-refractivity contribution >= 4 is 17.3 Å². The van der Waals surface area contributed by atoms with Gasteiger partial charge in [-0.3, -0.25) is 0 Å². The zero-order valence-corrected chi connectivity index (χ0v) is 13.1. The van der Waals surface area contributed by atoms with Crippen LogP contribution in [0.4, 0.5) is 0 Å². The van der Waals surface area contributed by atoms with Crippen molar-refractivity contribution in [3.05, 3.63) is 59.9 Å². The van der Waals surface area contributed by atoms with Crippen LogP contribution in [0, 0.1) is 0 Å². The highest BCUT2D eigenvalue weighted by molar-refractivity contribution is 7.80. The molecule has 0 bridgehead atoms. The van der Waals surface area contributed by atoms with Crippen LogP contribution in [0.5, 0.6) is 0 Å². The van der Waals surface area contributed by atoms with E-state index in [0.29, 0.717) is 6.04 Å². The summed E-state index contributed by atoms with van der Waals surface area (Å²) >= 11 is 5.58. The van der Waals surface area contributed by atoms with Crippen LogP contribution in [0.3, 0.4) is 0 Å². The zero-order chi connectivity index (χ0) is 14.7. The van der Waals surface area contributed by atoms with E-state index in [1.165, 1.54) is 11.3 Å². The lowest BCUT2D eigenvalue weighted by Gasteiger charge is -2.36. The molecule has 0 unspecified atom stereocenters. The monoisotopic (exact) mass is 299 g/mol. The minimum Gasteiger partial charge on any atom is -0.362 e. The molecule has 3 rings (SSSR count). The standard InChI is InChI=1S/C17H21N3S/c1-14-16-8-5-11-19(16)12-13-20(14)17(21)18-10-9-15-6-3-2-4-7-15/h2-8,11,14H,9-10,12-13H2,1H3,(H,18,21)/t14-/m1/s1. The number of nitrogens with one attached hydrogen (secondary N) is 1. The second-order valence-electron chi connectivity index (χ2n) is 5.46. The molecule has 4 heteroatoms.